The summed E-state index contributed by atoms with van der Waals surface area (Å²) in [6.07, 6.45) is 0. The molecule has 0 spiro atoms. The van der Waals surface area contributed by atoms with Crippen molar-refractivity contribution in [2.75, 3.05) is 13.6 Å². The van der Waals surface area contributed by atoms with Gasteiger partial charge in [0.2, 0.25) is 5.91 Å². The number of carbonyl (C=O) groups excluding carboxylic acids is 1. The summed E-state index contributed by atoms with van der Waals surface area (Å²) in [5.74, 6) is 0.733. The Morgan fingerprint density at radius 2 is 2.17 bits per heavy atom. The number of para-hydroxylation sites is 2. The maximum Gasteiger partial charge on any atom is 0.234 e. The minimum Gasteiger partial charge on any atom is -0.345 e. The second-order valence-electron chi connectivity index (χ2n) is 3.96. The molecule has 0 radical (unpaired) electrons. The highest BCUT2D eigenvalue weighted by atomic mass is 35.5. The third kappa shape index (κ3) is 3.21. The van der Waals surface area contributed by atoms with Crippen LogP contribution >= 0.6 is 12.4 Å². The number of likely N-dealkylation sites (N-methyl/N-ethyl adjacent to an activating group) is 1. The predicted molar refractivity (Wildman–Crippen MR) is 73.8 cm³/mol. The van der Waals surface area contributed by atoms with Gasteiger partial charge in [0, 0.05) is 0 Å². The van der Waals surface area contributed by atoms with Gasteiger partial charge in [0.25, 0.3) is 0 Å². The first-order valence-corrected chi connectivity index (χ1v) is 5.59. The van der Waals surface area contributed by atoms with Crippen molar-refractivity contribution in [3.8, 4) is 0 Å². The molecular weight excluding hydrogens is 252 g/mol. The lowest BCUT2D eigenvalue weighted by atomic mass is 10.3. The van der Waals surface area contributed by atoms with E-state index in [1.165, 1.54) is 0 Å². The molecule has 2 rings (SSSR count). The SMILES string of the molecule is CNCC(=O)NC(C)c1nc2ccccc2[nH]1.Cl. The van der Waals surface area contributed by atoms with E-state index < -0.39 is 0 Å². The average Bonchev–Trinajstić information content (AvgIpc) is 2.72. The lowest BCUT2D eigenvalue weighted by molar-refractivity contribution is -0.120. The normalized spacial score (nSPS) is 11.9. The summed E-state index contributed by atoms with van der Waals surface area (Å²) in [5, 5.41) is 5.67. The molecule has 3 N–H and O–H groups in total. The van der Waals surface area contributed by atoms with E-state index >= 15 is 0 Å². The van der Waals surface area contributed by atoms with Gasteiger partial charge in [-0.2, -0.15) is 0 Å². The average molecular weight is 269 g/mol. The second kappa shape index (κ2) is 6.37. The third-order valence-electron chi connectivity index (χ3n) is 2.53. The van der Waals surface area contributed by atoms with Gasteiger partial charge in [-0.1, -0.05) is 12.1 Å². The van der Waals surface area contributed by atoms with Crippen LogP contribution in [-0.2, 0) is 4.79 Å². The van der Waals surface area contributed by atoms with Crippen molar-refractivity contribution >= 4 is 29.3 Å². The highest BCUT2D eigenvalue weighted by Crippen LogP contribution is 2.15. The maximum atomic E-state index is 11.4. The molecule has 1 amide bonds. The maximum absolute atomic E-state index is 11.4. The Hall–Kier alpha value is -1.59. The van der Waals surface area contributed by atoms with E-state index in [1.54, 1.807) is 7.05 Å². The van der Waals surface area contributed by atoms with Gasteiger partial charge in [0.05, 0.1) is 23.6 Å². The van der Waals surface area contributed by atoms with Gasteiger partial charge >= 0.3 is 0 Å². The molecule has 6 heteroatoms. The number of fused-ring (bicyclic) bond motifs is 1. The molecule has 18 heavy (non-hydrogen) atoms. The Bertz CT molecular complexity index is 493. The van der Waals surface area contributed by atoms with Crippen molar-refractivity contribution < 1.29 is 4.79 Å². The van der Waals surface area contributed by atoms with Crippen LogP contribution in [0.15, 0.2) is 24.3 Å². The number of benzene rings is 1. The number of halogens is 1. The van der Waals surface area contributed by atoms with E-state index in [1.807, 2.05) is 31.2 Å². The van der Waals surface area contributed by atoms with Gasteiger partial charge in [0.15, 0.2) is 0 Å². The van der Waals surface area contributed by atoms with Crippen LogP contribution in [0.2, 0.25) is 0 Å². The van der Waals surface area contributed by atoms with Gasteiger partial charge in [-0.05, 0) is 26.1 Å². The molecule has 0 aliphatic rings. The number of amides is 1. The Morgan fingerprint density at radius 3 is 2.83 bits per heavy atom. The number of hydrogen-bond donors (Lipinski definition) is 3. The number of carbonyl (C=O) groups is 1. The Morgan fingerprint density at radius 1 is 1.44 bits per heavy atom. The number of rotatable bonds is 4. The molecule has 2 aromatic rings. The molecule has 1 unspecified atom stereocenters. The summed E-state index contributed by atoms with van der Waals surface area (Å²) >= 11 is 0. The van der Waals surface area contributed by atoms with Gasteiger partial charge in [-0.3, -0.25) is 4.79 Å². The van der Waals surface area contributed by atoms with Crippen molar-refractivity contribution in [1.29, 1.82) is 0 Å². The number of nitrogens with zero attached hydrogens (tertiary/aromatic N) is 1. The van der Waals surface area contributed by atoms with Crippen LogP contribution in [0.25, 0.3) is 11.0 Å². The zero-order valence-corrected chi connectivity index (χ0v) is 11.2. The first-order chi connectivity index (χ1) is 8.20. The fourth-order valence-corrected chi connectivity index (χ4v) is 1.70. The first-order valence-electron chi connectivity index (χ1n) is 5.59. The fourth-order valence-electron chi connectivity index (χ4n) is 1.70. The molecule has 1 heterocycles. The lowest BCUT2D eigenvalue weighted by Crippen LogP contribution is -2.34. The summed E-state index contributed by atoms with van der Waals surface area (Å²) in [6, 6.07) is 7.68. The van der Waals surface area contributed by atoms with E-state index in [2.05, 4.69) is 20.6 Å². The highest BCUT2D eigenvalue weighted by molar-refractivity contribution is 5.85. The van der Waals surface area contributed by atoms with Crippen LogP contribution in [0.5, 0.6) is 0 Å². The van der Waals surface area contributed by atoms with Gasteiger partial charge < -0.3 is 15.6 Å². The number of H-pyrrole nitrogens is 1. The molecule has 1 aromatic carbocycles. The number of aromatic nitrogens is 2. The van der Waals surface area contributed by atoms with Crippen molar-refractivity contribution in [3.63, 3.8) is 0 Å². The molecule has 0 fully saturated rings. The lowest BCUT2D eigenvalue weighted by Gasteiger charge is -2.10. The molecule has 0 aliphatic carbocycles. The molecule has 0 saturated carbocycles. The first kappa shape index (κ1) is 14.5. The van der Waals surface area contributed by atoms with E-state index in [0.29, 0.717) is 6.54 Å². The van der Waals surface area contributed by atoms with Crippen LogP contribution in [-0.4, -0.2) is 29.5 Å². The Labute approximate surface area is 112 Å². The molecular formula is C12H17ClN4O. The number of nitrogens with one attached hydrogen (secondary N) is 3. The summed E-state index contributed by atoms with van der Waals surface area (Å²) in [4.78, 5) is 19.1. The summed E-state index contributed by atoms with van der Waals surface area (Å²) in [7, 11) is 1.74. The largest absolute Gasteiger partial charge is 0.345 e. The third-order valence-corrected chi connectivity index (χ3v) is 2.53. The van der Waals surface area contributed by atoms with Crippen LogP contribution in [0.3, 0.4) is 0 Å². The Kier molecular flexibility index (Phi) is 5.12. The van der Waals surface area contributed by atoms with E-state index in [-0.39, 0.29) is 24.4 Å². The number of aromatic amines is 1. The van der Waals surface area contributed by atoms with Crippen LogP contribution in [0, 0.1) is 0 Å². The van der Waals surface area contributed by atoms with Crippen molar-refractivity contribution in [1.82, 2.24) is 20.6 Å². The van der Waals surface area contributed by atoms with Gasteiger partial charge in [0.1, 0.15) is 5.82 Å². The highest BCUT2D eigenvalue weighted by Gasteiger charge is 2.12. The molecule has 0 saturated heterocycles. The number of imidazole rings is 1. The topological polar surface area (TPSA) is 69.8 Å². The van der Waals surface area contributed by atoms with Crippen molar-refractivity contribution in [2.45, 2.75) is 13.0 Å². The van der Waals surface area contributed by atoms with E-state index in [4.69, 9.17) is 0 Å². The fraction of sp³-hybridized carbons (Fsp3) is 0.333. The standard InChI is InChI=1S/C12H16N4O.ClH/c1-8(14-11(17)7-13-2)12-15-9-5-3-4-6-10(9)16-12;/h3-6,8,13H,7H2,1-2H3,(H,14,17)(H,15,16);1H. The van der Waals surface area contributed by atoms with Crippen molar-refractivity contribution in [2.24, 2.45) is 0 Å². The minimum absolute atomic E-state index is 0. The van der Waals surface area contributed by atoms with Gasteiger partial charge in [-0.15, -0.1) is 12.4 Å². The molecule has 1 aromatic heterocycles. The molecule has 1 atom stereocenters. The quantitative estimate of drug-likeness (QED) is 0.785. The predicted octanol–water partition coefficient (Wildman–Crippen LogP) is 1.38. The molecule has 0 bridgehead atoms. The molecule has 98 valence electrons. The van der Waals surface area contributed by atoms with Crippen LogP contribution in [0.1, 0.15) is 18.8 Å². The zero-order chi connectivity index (χ0) is 12.3. The van der Waals surface area contributed by atoms with E-state index in [0.717, 1.165) is 16.9 Å². The second-order valence-corrected chi connectivity index (χ2v) is 3.96. The summed E-state index contributed by atoms with van der Waals surface area (Å²) < 4.78 is 0. The Balaban J connectivity index is 0.00000162. The van der Waals surface area contributed by atoms with Crippen LogP contribution < -0.4 is 10.6 Å². The monoisotopic (exact) mass is 268 g/mol. The minimum atomic E-state index is -0.122. The van der Waals surface area contributed by atoms with E-state index in [9.17, 15) is 4.79 Å². The summed E-state index contributed by atoms with van der Waals surface area (Å²) in [6.45, 7) is 2.22. The number of hydrogen-bond acceptors (Lipinski definition) is 3. The molecule has 5 nitrogen and oxygen atoms in total. The zero-order valence-electron chi connectivity index (χ0n) is 10.4. The van der Waals surface area contributed by atoms with Crippen molar-refractivity contribution in [3.05, 3.63) is 30.1 Å². The van der Waals surface area contributed by atoms with Gasteiger partial charge in [-0.25, -0.2) is 4.98 Å². The molecule has 0 aliphatic heterocycles. The smallest absolute Gasteiger partial charge is 0.234 e. The van der Waals surface area contributed by atoms with Crippen LogP contribution in [0.4, 0.5) is 0 Å². The summed E-state index contributed by atoms with van der Waals surface area (Å²) in [5.41, 5.74) is 1.90.